The van der Waals surface area contributed by atoms with E-state index < -0.39 is 5.82 Å². The van der Waals surface area contributed by atoms with Crippen LogP contribution in [0.15, 0.2) is 23.0 Å². The minimum absolute atomic E-state index is 0.00859. The van der Waals surface area contributed by atoms with Crippen LogP contribution in [0, 0.1) is 5.82 Å². The third-order valence-corrected chi connectivity index (χ3v) is 4.82. The summed E-state index contributed by atoms with van der Waals surface area (Å²) >= 11 is 6.09. The number of benzene rings is 1. The second-order valence-electron chi connectivity index (χ2n) is 6.62. The van der Waals surface area contributed by atoms with Crippen molar-refractivity contribution in [1.82, 2.24) is 15.1 Å². The zero-order chi connectivity index (χ0) is 19.1. The van der Waals surface area contributed by atoms with E-state index in [1.165, 1.54) is 12.4 Å². The van der Waals surface area contributed by atoms with Gasteiger partial charge in [-0.1, -0.05) is 16.8 Å². The van der Waals surface area contributed by atoms with Crippen LogP contribution in [0.1, 0.15) is 19.4 Å². The van der Waals surface area contributed by atoms with Gasteiger partial charge in [-0.05, 0) is 19.9 Å². The molecule has 0 spiro atoms. The Morgan fingerprint density at radius 2 is 1.93 bits per heavy atom. The lowest BCUT2D eigenvalue weighted by molar-refractivity contribution is -0.00549. The zero-order valence-electron chi connectivity index (χ0n) is 14.8. The van der Waals surface area contributed by atoms with Crippen molar-refractivity contribution in [2.24, 2.45) is 0 Å². The fourth-order valence-corrected chi connectivity index (χ4v) is 3.75. The van der Waals surface area contributed by atoms with E-state index in [-0.39, 0.29) is 35.2 Å². The van der Waals surface area contributed by atoms with Gasteiger partial charge in [-0.3, -0.25) is 0 Å². The highest BCUT2D eigenvalue weighted by Crippen LogP contribution is 2.38. The maximum atomic E-state index is 15.4. The van der Waals surface area contributed by atoms with Gasteiger partial charge in [0.05, 0.1) is 29.9 Å². The average molecular weight is 393 g/mol. The number of fused-ring (bicyclic) bond motifs is 1. The van der Waals surface area contributed by atoms with E-state index in [1.807, 2.05) is 18.7 Å². The number of hydrogen-bond donors (Lipinski definition) is 1. The average Bonchev–Trinajstić information content (AvgIpc) is 3.05. The summed E-state index contributed by atoms with van der Waals surface area (Å²) in [6.07, 6.45) is 2.81. The summed E-state index contributed by atoms with van der Waals surface area (Å²) in [5.41, 5.74) is 1.31. The molecule has 0 radical (unpaired) electrons. The third kappa shape index (κ3) is 3.13. The van der Waals surface area contributed by atoms with Crippen LogP contribution in [-0.2, 0) is 11.3 Å². The highest BCUT2D eigenvalue weighted by molar-refractivity contribution is 6.32. The summed E-state index contributed by atoms with van der Waals surface area (Å²) in [7, 11) is 0. The molecule has 3 aromatic rings. The lowest BCUT2D eigenvalue weighted by Crippen LogP contribution is -2.46. The molecule has 3 heterocycles. The van der Waals surface area contributed by atoms with E-state index in [0.29, 0.717) is 35.4 Å². The molecule has 1 fully saturated rings. The number of halogens is 2. The quantitative estimate of drug-likeness (QED) is 0.732. The summed E-state index contributed by atoms with van der Waals surface area (Å²) in [6, 6.07) is 1.66. The smallest absolute Gasteiger partial charge is 0.205 e. The molecule has 2 unspecified atom stereocenters. The normalized spacial score (nSPS) is 20.4. The van der Waals surface area contributed by atoms with E-state index in [4.69, 9.17) is 20.9 Å². The van der Waals surface area contributed by atoms with Crippen LogP contribution in [0.25, 0.3) is 22.4 Å². The van der Waals surface area contributed by atoms with Crippen molar-refractivity contribution in [3.8, 4) is 11.4 Å². The Labute approximate surface area is 159 Å². The number of hydrogen-bond acceptors (Lipinski definition) is 7. The summed E-state index contributed by atoms with van der Waals surface area (Å²) < 4.78 is 26.4. The first kappa shape index (κ1) is 18.1. The number of nitrogens with zero attached hydrogens (tertiary/aromatic N) is 4. The lowest BCUT2D eigenvalue weighted by Gasteiger charge is -2.37. The molecular weight excluding hydrogens is 375 g/mol. The van der Waals surface area contributed by atoms with Crippen LogP contribution in [-0.4, -0.2) is 45.5 Å². The molecule has 1 saturated heterocycles. The molecule has 27 heavy (non-hydrogen) atoms. The molecule has 2 atom stereocenters. The molecule has 142 valence electrons. The topological polar surface area (TPSA) is 84.5 Å². The molecule has 0 bridgehead atoms. The van der Waals surface area contributed by atoms with Gasteiger partial charge in [-0.15, -0.1) is 0 Å². The minimum Gasteiger partial charge on any atom is -0.392 e. The number of ether oxygens (including phenoxy) is 1. The molecule has 1 N–H and O–H groups in total. The van der Waals surface area contributed by atoms with Crippen molar-refractivity contribution in [3.63, 3.8) is 0 Å². The van der Waals surface area contributed by atoms with Crippen LogP contribution in [0.4, 0.5) is 10.1 Å². The highest BCUT2D eigenvalue weighted by Gasteiger charge is 2.29. The fraction of sp³-hybridized carbons (Fsp3) is 0.389. The van der Waals surface area contributed by atoms with Gasteiger partial charge in [0, 0.05) is 31.0 Å². The molecule has 0 amide bonds. The van der Waals surface area contributed by atoms with Crippen molar-refractivity contribution in [3.05, 3.63) is 35.0 Å². The molecule has 1 aliphatic heterocycles. The monoisotopic (exact) mass is 392 g/mol. The number of anilines is 1. The molecule has 0 aliphatic carbocycles. The standard InChI is InChI=1S/C18H18ClFN4O3/c1-9-6-24(7-10(2)26-9)16-11(8-25)5-12-14(23-27-17(12)13(16)20)15-18(19)22-4-3-21-15/h3-5,9-10,25H,6-8H2,1-2H3. The molecule has 1 aliphatic rings. The van der Waals surface area contributed by atoms with Crippen LogP contribution in [0.3, 0.4) is 0 Å². The van der Waals surface area contributed by atoms with Gasteiger partial charge in [0.1, 0.15) is 11.4 Å². The first-order valence-corrected chi connectivity index (χ1v) is 8.96. The molecule has 4 rings (SSSR count). The minimum atomic E-state index is -0.573. The van der Waals surface area contributed by atoms with Gasteiger partial charge in [0.25, 0.3) is 0 Å². The third-order valence-electron chi connectivity index (χ3n) is 4.54. The Hall–Kier alpha value is -2.29. The Morgan fingerprint density at radius 3 is 2.59 bits per heavy atom. The Kier molecular flexibility index (Phi) is 4.71. The van der Waals surface area contributed by atoms with Gasteiger partial charge in [0.15, 0.2) is 11.0 Å². The van der Waals surface area contributed by atoms with Gasteiger partial charge < -0.3 is 19.3 Å². The summed E-state index contributed by atoms with van der Waals surface area (Å²) in [5, 5.41) is 14.4. The molecule has 9 heteroatoms. The lowest BCUT2D eigenvalue weighted by atomic mass is 10.0. The van der Waals surface area contributed by atoms with Gasteiger partial charge in [-0.2, -0.15) is 0 Å². The van der Waals surface area contributed by atoms with Crippen molar-refractivity contribution in [2.75, 3.05) is 18.0 Å². The van der Waals surface area contributed by atoms with Gasteiger partial charge >= 0.3 is 0 Å². The summed E-state index contributed by atoms with van der Waals surface area (Å²) in [6.45, 7) is 4.55. The van der Waals surface area contributed by atoms with Crippen molar-refractivity contribution < 1.29 is 18.8 Å². The number of aliphatic hydroxyl groups is 1. The number of morpholine rings is 1. The molecule has 7 nitrogen and oxygen atoms in total. The molecule has 0 saturated carbocycles. The SMILES string of the molecule is CC1CN(c2c(CO)cc3c(-c4nccnc4Cl)noc3c2F)CC(C)O1. The van der Waals surface area contributed by atoms with Crippen LogP contribution >= 0.6 is 11.6 Å². The second kappa shape index (κ2) is 7.03. The van der Waals surface area contributed by atoms with Gasteiger partial charge in [-0.25, -0.2) is 14.4 Å². The largest absolute Gasteiger partial charge is 0.392 e. The first-order valence-electron chi connectivity index (χ1n) is 8.58. The van der Waals surface area contributed by atoms with E-state index in [0.717, 1.165) is 0 Å². The molecular formula is C18H18ClFN4O3. The number of aromatic nitrogens is 3. The fourth-order valence-electron chi connectivity index (χ4n) is 3.55. The second-order valence-corrected chi connectivity index (χ2v) is 6.98. The van der Waals surface area contributed by atoms with Crippen molar-refractivity contribution >= 4 is 28.3 Å². The van der Waals surface area contributed by atoms with E-state index >= 15 is 4.39 Å². The first-order chi connectivity index (χ1) is 13.0. The Bertz CT molecular complexity index is 986. The predicted octanol–water partition coefficient (Wildman–Crippen LogP) is 3.18. The predicted molar refractivity (Wildman–Crippen MR) is 98.1 cm³/mol. The molecule has 1 aromatic carbocycles. The van der Waals surface area contributed by atoms with E-state index in [9.17, 15) is 5.11 Å². The number of rotatable bonds is 3. The summed E-state index contributed by atoms with van der Waals surface area (Å²) in [4.78, 5) is 10.0. The Balaban J connectivity index is 1.88. The Morgan fingerprint density at radius 1 is 1.22 bits per heavy atom. The maximum absolute atomic E-state index is 15.4. The van der Waals surface area contributed by atoms with E-state index in [2.05, 4.69) is 15.1 Å². The molecule has 2 aromatic heterocycles. The van der Waals surface area contributed by atoms with Crippen molar-refractivity contribution in [1.29, 1.82) is 0 Å². The summed E-state index contributed by atoms with van der Waals surface area (Å²) in [5.74, 6) is -0.573. The zero-order valence-corrected chi connectivity index (χ0v) is 15.6. The van der Waals surface area contributed by atoms with Crippen molar-refractivity contribution in [2.45, 2.75) is 32.7 Å². The highest BCUT2D eigenvalue weighted by atomic mass is 35.5. The number of aliphatic hydroxyl groups excluding tert-OH is 1. The van der Waals surface area contributed by atoms with Gasteiger partial charge in [0.2, 0.25) is 5.58 Å². The van der Waals surface area contributed by atoms with E-state index in [1.54, 1.807) is 6.07 Å². The van der Waals surface area contributed by atoms with Crippen LogP contribution in [0.5, 0.6) is 0 Å². The van der Waals surface area contributed by atoms with Crippen LogP contribution < -0.4 is 4.90 Å². The van der Waals surface area contributed by atoms with Crippen LogP contribution in [0.2, 0.25) is 5.15 Å². The maximum Gasteiger partial charge on any atom is 0.205 e.